The molecule has 0 saturated carbocycles. The SMILES string of the molecule is Cc1c(C(=O)O)cccc1S(=O)(=O)NCc1cn[nH]c1. The Bertz CT molecular complexity index is 723. The van der Waals surface area contributed by atoms with Crippen LogP contribution in [0.25, 0.3) is 0 Å². The number of benzene rings is 1. The number of aromatic nitrogens is 2. The number of carboxylic acids is 1. The van der Waals surface area contributed by atoms with Crippen LogP contribution in [0, 0.1) is 6.92 Å². The summed E-state index contributed by atoms with van der Waals surface area (Å²) in [5, 5.41) is 15.3. The average molecular weight is 295 g/mol. The van der Waals surface area contributed by atoms with E-state index in [-0.39, 0.29) is 22.6 Å². The number of rotatable bonds is 5. The van der Waals surface area contributed by atoms with Gasteiger partial charge in [-0.1, -0.05) is 6.07 Å². The monoisotopic (exact) mass is 295 g/mol. The second-order valence-electron chi connectivity index (χ2n) is 4.16. The first-order valence-corrected chi connectivity index (χ1v) is 7.20. The van der Waals surface area contributed by atoms with Gasteiger partial charge in [0.15, 0.2) is 0 Å². The molecular weight excluding hydrogens is 282 g/mol. The Morgan fingerprint density at radius 2 is 2.20 bits per heavy atom. The Kier molecular flexibility index (Phi) is 3.86. The van der Waals surface area contributed by atoms with Gasteiger partial charge in [0, 0.05) is 18.3 Å². The molecule has 0 unspecified atom stereocenters. The van der Waals surface area contributed by atoms with Crippen molar-refractivity contribution in [3.05, 3.63) is 47.3 Å². The van der Waals surface area contributed by atoms with Crippen molar-refractivity contribution in [2.75, 3.05) is 0 Å². The zero-order valence-electron chi connectivity index (χ0n) is 10.6. The van der Waals surface area contributed by atoms with E-state index < -0.39 is 16.0 Å². The Hall–Kier alpha value is -2.19. The van der Waals surface area contributed by atoms with Crippen molar-refractivity contribution < 1.29 is 18.3 Å². The predicted octanol–water partition coefficient (Wildman–Crippen LogP) is 0.895. The van der Waals surface area contributed by atoms with Gasteiger partial charge >= 0.3 is 5.97 Å². The van der Waals surface area contributed by atoms with Crippen LogP contribution in [0.3, 0.4) is 0 Å². The van der Waals surface area contributed by atoms with E-state index in [2.05, 4.69) is 14.9 Å². The number of hydrogen-bond acceptors (Lipinski definition) is 4. The van der Waals surface area contributed by atoms with Crippen LogP contribution in [0.2, 0.25) is 0 Å². The third-order valence-electron chi connectivity index (χ3n) is 2.83. The molecule has 2 aromatic rings. The maximum atomic E-state index is 12.2. The Labute approximate surface area is 115 Å². The van der Waals surface area contributed by atoms with Crippen LogP contribution < -0.4 is 4.72 Å². The van der Waals surface area contributed by atoms with Gasteiger partial charge in [-0.05, 0) is 24.6 Å². The summed E-state index contributed by atoms with van der Waals surface area (Å²) in [4.78, 5) is 11.0. The van der Waals surface area contributed by atoms with Crippen LogP contribution >= 0.6 is 0 Å². The minimum absolute atomic E-state index is 0.0313. The highest BCUT2D eigenvalue weighted by atomic mass is 32.2. The number of hydrogen-bond donors (Lipinski definition) is 3. The molecular formula is C12H13N3O4S. The molecule has 0 atom stereocenters. The third kappa shape index (κ3) is 2.86. The van der Waals surface area contributed by atoms with Crippen LogP contribution in [0.4, 0.5) is 0 Å². The standard InChI is InChI=1S/C12H13N3O4S/c1-8-10(12(16)17)3-2-4-11(8)20(18,19)15-7-9-5-13-14-6-9/h2-6,15H,7H2,1H3,(H,13,14)(H,16,17). The molecule has 2 rings (SSSR count). The van der Waals surface area contributed by atoms with Crippen molar-refractivity contribution in [1.29, 1.82) is 0 Å². The summed E-state index contributed by atoms with van der Waals surface area (Å²) in [6.45, 7) is 1.55. The lowest BCUT2D eigenvalue weighted by Gasteiger charge is -2.10. The number of H-pyrrole nitrogens is 1. The Balaban J connectivity index is 2.30. The first-order chi connectivity index (χ1) is 9.42. The first-order valence-electron chi connectivity index (χ1n) is 5.72. The predicted molar refractivity (Wildman–Crippen MR) is 70.8 cm³/mol. The molecule has 0 fully saturated rings. The van der Waals surface area contributed by atoms with Crippen molar-refractivity contribution >= 4 is 16.0 Å². The molecule has 106 valence electrons. The van der Waals surface area contributed by atoms with Crippen molar-refractivity contribution in [1.82, 2.24) is 14.9 Å². The number of sulfonamides is 1. The van der Waals surface area contributed by atoms with Crippen LogP contribution in [0.1, 0.15) is 21.5 Å². The summed E-state index contributed by atoms with van der Waals surface area (Å²) in [6.07, 6.45) is 3.08. The quantitative estimate of drug-likeness (QED) is 0.758. The zero-order chi connectivity index (χ0) is 14.8. The molecule has 8 heteroatoms. The van der Waals surface area contributed by atoms with Gasteiger partial charge < -0.3 is 5.11 Å². The molecule has 0 amide bonds. The molecule has 20 heavy (non-hydrogen) atoms. The molecule has 0 aliphatic rings. The zero-order valence-corrected chi connectivity index (χ0v) is 11.4. The number of nitrogens with zero attached hydrogens (tertiary/aromatic N) is 1. The van der Waals surface area contributed by atoms with Crippen LogP contribution in [0.5, 0.6) is 0 Å². The molecule has 3 N–H and O–H groups in total. The van der Waals surface area contributed by atoms with Crippen molar-refractivity contribution in [3.8, 4) is 0 Å². The van der Waals surface area contributed by atoms with Gasteiger partial charge in [-0.2, -0.15) is 5.10 Å². The molecule has 0 aliphatic heterocycles. The van der Waals surface area contributed by atoms with E-state index in [1.807, 2.05) is 0 Å². The smallest absolute Gasteiger partial charge is 0.335 e. The van der Waals surface area contributed by atoms with E-state index in [4.69, 9.17) is 5.11 Å². The summed E-state index contributed by atoms with van der Waals surface area (Å²) in [5.41, 5.74) is 0.858. The van der Waals surface area contributed by atoms with Gasteiger partial charge in [-0.25, -0.2) is 17.9 Å². The lowest BCUT2D eigenvalue weighted by atomic mass is 10.1. The Morgan fingerprint density at radius 1 is 1.45 bits per heavy atom. The van der Waals surface area contributed by atoms with Gasteiger partial charge in [-0.3, -0.25) is 5.10 Å². The fraction of sp³-hybridized carbons (Fsp3) is 0.167. The van der Waals surface area contributed by atoms with Gasteiger partial charge in [0.1, 0.15) is 0 Å². The second kappa shape index (κ2) is 5.43. The van der Waals surface area contributed by atoms with Gasteiger partial charge in [0.2, 0.25) is 10.0 Å². The number of carboxylic acid groups (broad SMARTS) is 1. The largest absolute Gasteiger partial charge is 0.478 e. The number of nitrogens with one attached hydrogen (secondary N) is 2. The van der Waals surface area contributed by atoms with E-state index in [1.54, 1.807) is 6.20 Å². The average Bonchev–Trinajstić information content (AvgIpc) is 2.89. The van der Waals surface area contributed by atoms with E-state index in [9.17, 15) is 13.2 Å². The van der Waals surface area contributed by atoms with Crippen LogP contribution in [0.15, 0.2) is 35.5 Å². The molecule has 0 saturated heterocycles. The van der Waals surface area contributed by atoms with Gasteiger partial charge in [0.25, 0.3) is 0 Å². The summed E-state index contributed by atoms with van der Waals surface area (Å²) < 4.78 is 26.8. The topological polar surface area (TPSA) is 112 Å². The van der Waals surface area contributed by atoms with Gasteiger partial charge in [-0.15, -0.1) is 0 Å². The first kappa shape index (κ1) is 14.2. The number of aromatic carboxylic acids is 1. The lowest BCUT2D eigenvalue weighted by molar-refractivity contribution is 0.0696. The minimum Gasteiger partial charge on any atom is -0.478 e. The van der Waals surface area contributed by atoms with E-state index in [0.717, 1.165) is 0 Å². The maximum Gasteiger partial charge on any atom is 0.335 e. The highest BCUT2D eigenvalue weighted by Crippen LogP contribution is 2.19. The molecule has 0 radical (unpaired) electrons. The summed E-state index contributed by atoms with van der Waals surface area (Å²) in [5.74, 6) is -1.16. The highest BCUT2D eigenvalue weighted by molar-refractivity contribution is 7.89. The minimum atomic E-state index is -3.78. The van der Waals surface area contributed by atoms with E-state index in [1.165, 1.54) is 31.3 Å². The molecule has 0 bridgehead atoms. The third-order valence-corrected chi connectivity index (χ3v) is 4.37. The normalized spacial score (nSPS) is 11.4. The molecule has 1 heterocycles. The van der Waals surface area contributed by atoms with Crippen molar-refractivity contribution in [3.63, 3.8) is 0 Å². The van der Waals surface area contributed by atoms with Crippen molar-refractivity contribution in [2.45, 2.75) is 18.4 Å². The van der Waals surface area contributed by atoms with Crippen LogP contribution in [-0.2, 0) is 16.6 Å². The van der Waals surface area contributed by atoms with Gasteiger partial charge in [0.05, 0.1) is 16.7 Å². The number of carbonyl (C=O) groups is 1. The molecule has 1 aromatic carbocycles. The van der Waals surface area contributed by atoms with E-state index >= 15 is 0 Å². The molecule has 7 nitrogen and oxygen atoms in total. The summed E-state index contributed by atoms with van der Waals surface area (Å²) in [6, 6.07) is 4.15. The number of aromatic amines is 1. The van der Waals surface area contributed by atoms with Crippen LogP contribution in [-0.4, -0.2) is 29.7 Å². The van der Waals surface area contributed by atoms with Crippen molar-refractivity contribution in [2.24, 2.45) is 0 Å². The fourth-order valence-electron chi connectivity index (χ4n) is 1.77. The summed E-state index contributed by atoms with van der Waals surface area (Å²) in [7, 11) is -3.78. The highest BCUT2D eigenvalue weighted by Gasteiger charge is 2.20. The lowest BCUT2D eigenvalue weighted by Crippen LogP contribution is -2.24. The molecule has 1 aromatic heterocycles. The fourth-order valence-corrected chi connectivity index (χ4v) is 3.05. The second-order valence-corrected chi connectivity index (χ2v) is 5.90. The summed E-state index contributed by atoms with van der Waals surface area (Å²) >= 11 is 0. The maximum absolute atomic E-state index is 12.2. The van der Waals surface area contributed by atoms with E-state index in [0.29, 0.717) is 5.56 Å². The Morgan fingerprint density at radius 3 is 2.80 bits per heavy atom. The molecule has 0 aliphatic carbocycles. The molecule has 0 spiro atoms.